The van der Waals surface area contributed by atoms with E-state index < -0.39 is 0 Å². The lowest BCUT2D eigenvalue weighted by Crippen LogP contribution is -1.97. The Morgan fingerprint density at radius 1 is 1.60 bits per heavy atom. The molecule has 0 fully saturated rings. The minimum absolute atomic E-state index is 0.319. The monoisotopic (exact) mass is 271 g/mol. The molecule has 0 saturated heterocycles. The van der Waals surface area contributed by atoms with Gasteiger partial charge in [0.05, 0.1) is 5.69 Å². The van der Waals surface area contributed by atoms with Gasteiger partial charge in [0.2, 0.25) is 0 Å². The number of anilines is 1. The minimum atomic E-state index is -0.319. The average molecular weight is 272 g/mol. The molecular formula is C10H11BrFN3. The van der Waals surface area contributed by atoms with Crippen molar-refractivity contribution in [1.82, 2.24) is 9.38 Å². The number of nitrogens with zero attached hydrogens (tertiary/aromatic N) is 2. The SMILES string of the molecule is CCc1nc2c(F)cc(Br)cn2c1NC. The molecule has 0 aliphatic heterocycles. The van der Waals surface area contributed by atoms with Gasteiger partial charge >= 0.3 is 0 Å². The van der Waals surface area contributed by atoms with Gasteiger partial charge in [-0.3, -0.25) is 4.40 Å². The number of imidazole rings is 1. The molecule has 2 aromatic rings. The Morgan fingerprint density at radius 3 is 2.93 bits per heavy atom. The molecule has 0 bridgehead atoms. The summed E-state index contributed by atoms with van der Waals surface area (Å²) in [6.07, 6.45) is 2.57. The molecule has 0 aromatic carbocycles. The van der Waals surface area contributed by atoms with Crippen LogP contribution in [0.2, 0.25) is 0 Å². The van der Waals surface area contributed by atoms with E-state index in [1.807, 2.05) is 6.92 Å². The summed E-state index contributed by atoms with van der Waals surface area (Å²) in [4.78, 5) is 4.25. The van der Waals surface area contributed by atoms with E-state index in [0.717, 1.165) is 17.9 Å². The van der Waals surface area contributed by atoms with Crippen molar-refractivity contribution in [2.75, 3.05) is 12.4 Å². The smallest absolute Gasteiger partial charge is 0.175 e. The molecule has 2 rings (SSSR count). The number of aryl methyl sites for hydroxylation is 1. The summed E-state index contributed by atoms with van der Waals surface area (Å²) >= 11 is 3.26. The first-order valence-corrected chi connectivity index (χ1v) is 5.50. The Kier molecular flexibility index (Phi) is 2.65. The van der Waals surface area contributed by atoms with Crippen molar-refractivity contribution in [3.05, 3.63) is 28.2 Å². The maximum atomic E-state index is 13.6. The van der Waals surface area contributed by atoms with Crippen LogP contribution in [-0.4, -0.2) is 16.4 Å². The predicted molar refractivity (Wildman–Crippen MR) is 61.8 cm³/mol. The number of hydrogen-bond donors (Lipinski definition) is 1. The number of hydrogen-bond acceptors (Lipinski definition) is 2. The first-order valence-electron chi connectivity index (χ1n) is 4.71. The summed E-state index contributed by atoms with van der Waals surface area (Å²) < 4.78 is 16.0. The molecule has 80 valence electrons. The zero-order valence-corrected chi connectivity index (χ0v) is 10.1. The molecule has 0 aliphatic carbocycles. The van der Waals surface area contributed by atoms with E-state index in [9.17, 15) is 4.39 Å². The van der Waals surface area contributed by atoms with Crippen LogP contribution in [0.1, 0.15) is 12.6 Å². The maximum absolute atomic E-state index is 13.6. The van der Waals surface area contributed by atoms with Gasteiger partial charge in [0, 0.05) is 17.7 Å². The summed E-state index contributed by atoms with van der Waals surface area (Å²) in [6, 6.07) is 1.42. The molecule has 15 heavy (non-hydrogen) atoms. The lowest BCUT2D eigenvalue weighted by molar-refractivity contribution is 0.629. The van der Waals surface area contributed by atoms with E-state index in [2.05, 4.69) is 26.2 Å². The average Bonchev–Trinajstić information content (AvgIpc) is 2.55. The molecule has 0 unspecified atom stereocenters. The van der Waals surface area contributed by atoms with E-state index in [1.165, 1.54) is 6.07 Å². The highest BCUT2D eigenvalue weighted by atomic mass is 79.9. The van der Waals surface area contributed by atoms with Crippen LogP contribution in [0.25, 0.3) is 5.65 Å². The lowest BCUT2D eigenvalue weighted by atomic mass is 10.3. The highest BCUT2D eigenvalue weighted by Gasteiger charge is 2.13. The van der Waals surface area contributed by atoms with Crippen molar-refractivity contribution in [3.63, 3.8) is 0 Å². The van der Waals surface area contributed by atoms with Gasteiger partial charge in [-0.2, -0.15) is 0 Å². The zero-order chi connectivity index (χ0) is 11.0. The number of pyridine rings is 1. The predicted octanol–water partition coefficient (Wildman–Crippen LogP) is 2.84. The molecule has 0 spiro atoms. The molecule has 0 aliphatic rings. The van der Waals surface area contributed by atoms with Crippen LogP contribution in [0.4, 0.5) is 10.2 Å². The fourth-order valence-corrected chi connectivity index (χ4v) is 2.04. The molecule has 0 radical (unpaired) electrons. The molecule has 3 nitrogen and oxygen atoms in total. The maximum Gasteiger partial charge on any atom is 0.175 e. The Bertz CT molecular complexity index is 507. The quantitative estimate of drug-likeness (QED) is 0.910. The van der Waals surface area contributed by atoms with Crippen molar-refractivity contribution >= 4 is 27.4 Å². The molecular weight excluding hydrogens is 261 g/mol. The van der Waals surface area contributed by atoms with Crippen molar-refractivity contribution in [1.29, 1.82) is 0 Å². The van der Waals surface area contributed by atoms with Crippen LogP contribution in [0.15, 0.2) is 16.7 Å². The second-order valence-electron chi connectivity index (χ2n) is 3.21. The van der Waals surface area contributed by atoms with E-state index in [4.69, 9.17) is 0 Å². The van der Waals surface area contributed by atoms with Gasteiger partial charge in [-0.15, -0.1) is 0 Å². The Hall–Kier alpha value is -1.10. The van der Waals surface area contributed by atoms with Gasteiger partial charge in [0.25, 0.3) is 0 Å². The minimum Gasteiger partial charge on any atom is -0.373 e. The van der Waals surface area contributed by atoms with Crippen molar-refractivity contribution < 1.29 is 4.39 Å². The van der Waals surface area contributed by atoms with E-state index >= 15 is 0 Å². The van der Waals surface area contributed by atoms with Gasteiger partial charge in [-0.25, -0.2) is 9.37 Å². The Balaban J connectivity index is 2.82. The fraction of sp³-hybridized carbons (Fsp3) is 0.300. The Morgan fingerprint density at radius 2 is 2.33 bits per heavy atom. The second kappa shape index (κ2) is 3.81. The molecule has 0 amide bonds. The van der Waals surface area contributed by atoms with Crippen molar-refractivity contribution in [3.8, 4) is 0 Å². The van der Waals surface area contributed by atoms with E-state index in [-0.39, 0.29) is 5.82 Å². The number of fused-ring (bicyclic) bond motifs is 1. The molecule has 5 heteroatoms. The third-order valence-electron chi connectivity index (χ3n) is 2.29. The third-order valence-corrected chi connectivity index (χ3v) is 2.72. The molecule has 0 atom stereocenters. The molecule has 2 heterocycles. The van der Waals surface area contributed by atoms with Gasteiger partial charge in [0.15, 0.2) is 11.5 Å². The van der Waals surface area contributed by atoms with Crippen LogP contribution in [0.5, 0.6) is 0 Å². The summed E-state index contributed by atoms with van der Waals surface area (Å²) in [7, 11) is 1.81. The summed E-state index contributed by atoms with van der Waals surface area (Å²) in [5.41, 5.74) is 1.23. The standard InChI is InChI=1S/C10H11BrFN3/c1-3-8-10(13-2)15-5-6(11)4-7(12)9(15)14-8/h4-5,13H,3H2,1-2H3. The topological polar surface area (TPSA) is 29.3 Å². The van der Waals surface area contributed by atoms with Crippen LogP contribution >= 0.6 is 15.9 Å². The first kappa shape index (κ1) is 10.4. The lowest BCUT2D eigenvalue weighted by Gasteiger charge is -2.02. The highest BCUT2D eigenvalue weighted by Crippen LogP contribution is 2.23. The number of halogens is 2. The van der Waals surface area contributed by atoms with Crippen molar-refractivity contribution in [2.45, 2.75) is 13.3 Å². The first-order chi connectivity index (χ1) is 7.17. The zero-order valence-electron chi connectivity index (χ0n) is 8.51. The number of rotatable bonds is 2. The molecule has 1 N–H and O–H groups in total. The van der Waals surface area contributed by atoms with Gasteiger partial charge < -0.3 is 5.32 Å². The van der Waals surface area contributed by atoms with Crippen LogP contribution in [0.3, 0.4) is 0 Å². The van der Waals surface area contributed by atoms with Crippen LogP contribution in [0, 0.1) is 5.82 Å². The van der Waals surface area contributed by atoms with Gasteiger partial charge in [-0.05, 0) is 28.4 Å². The second-order valence-corrected chi connectivity index (χ2v) is 4.13. The largest absolute Gasteiger partial charge is 0.373 e. The van der Waals surface area contributed by atoms with Crippen LogP contribution in [-0.2, 0) is 6.42 Å². The fourth-order valence-electron chi connectivity index (χ4n) is 1.63. The molecule has 0 saturated carbocycles. The number of aromatic nitrogens is 2. The van der Waals surface area contributed by atoms with Crippen molar-refractivity contribution in [2.24, 2.45) is 0 Å². The third kappa shape index (κ3) is 1.61. The van der Waals surface area contributed by atoms with Gasteiger partial charge in [0.1, 0.15) is 5.82 Å². The molecule has 2 aromatic heterocycles. The normalized spacial score (nSPS) is 10.9. The number of nitrogens with one attached hydrogen (secondary N) is 1. The van der Waals surface area contributed by atoms with Crippen LogP contribution < -0.4 is 5.32 Å². The highest BCUT2D eigenvalue weighted by molar-refractivity contribution is 9.10. The van der Waals surface area contributed by atoms with Gasteiger partial charge in [-0.1, -0.05) is 6.92 Å². The summed E-state index contributed by atoms with van der Waals surface area (Å²) in [6.45, 7) is 2.00. The summed E-state index contributed by atoms with van der Waals surface area (Å²) in [5.74, 6) is 0.522. The van der Waals surface area contributed by atoms with E-state index in [0.29, 0.717) is 10.1 Å². The summed E-state index contributed by atoms with van der Waals surface area (Å²) in [5, 5.41) is 3.04. The Labute approximate surface area is 95.4 Å². The van der Waals surface area contributed by atoms with E-state index in [1.54, 1.807) is 17.6 Å².